The number of carbonyl (C=O) groups is 1. The highest BCUT2D eigenvalue weighted by Gasteiger charge is 2.47. The van der Waals surface area contributed by atoms with Crippen LogP contribution < -0.4 is 0 Å². The van der Waals surface area contributed by atoms with Gasteiger partial charge in [0.05, 0.1) is 25.9 Å². The van der Waals surface area contributed by atoms with Gasteiger partial charge in [-0.1, -0.05) is 0 Å². The first-order valence-electron chi connectivity index (χ1n) is 10.6. The molecule has 30 heavy (non-hydrogen) atoms. The minimum atomic E-state index is -1.09. The third-order valence-corrected chi connectivity index (χ3v) is 6.64. The molecule has 3 aliphatic heterocycles. The second-order valence-corrected chi connectivity index (χ2v) is 9.71. The lowest BCUT2D eigenvalue weighted by atomic mass is 9.88. The van der Waals surface area contributed by atoms with Crippen molar-refractivity contribution in [3.05, 3.63) is 35.4 Å². The largest absolute Gasteiger partial charge is 0.465 e. The van der Waals surface area contributed by atoms with Gasteiger partial charge in [-0.15, -0.1) is 0 Å². The van der Waals surface area contributed by atoms with Gasteiger partial charge in [0.2, 0.25) is 0 Å². The summed E-state index contributed by atoms with van der Waals surface area (Å²) in [5.41, 5.74) is -0.653. The summed E-state index contributed by atoms with van der Waals surface area (Å²) in [6.07, 6.45) is -1.45. The first kappa shape index (κ1) is 21.5. The Kier molecular flexibility index (Phi) is 5.76. The zero-order valence-corrected chi connectivity index (χ0v) is 17.7. The monoisotopic (exact) mass is 424 g/mol. The van der Waals surface area contributed by atoms with E-state index >= 15 is 0 Å². The van der Waals surface area contributed by atoms with Crippen LogP contribution in [0.15, 0.2) is 18.2 Å². The highest BCUT2D eigenvalue weighted by molar-refractivity contribution is 5.66. The first-order chi connectivity index (χ1) is 14.1. The fourth-order valence-electron chi connectivity index (χ4n) is 5.27. The van der Waals surface area contributed by atoms with E-state index in [0.717, 1.165) is 44.5 Å². The molecule has 0 spiro atoms. The fourth-order valence-corrected chi connectivity index (χ4v) is 5.27. The topological polar surface area (TPSA) is 62.2 Å². The van der Waals surface area contributed by atoms with Gasteiger partial charge in [0.1, 0.15) is 17.7 Å². The van der Waals surface area contributed by atoms with Crippen LogP contribution in [-0.4, -0.2) is 71.5 Å². The predicted octanol–water partition coefficient (Wildman–Crippen LogP) is 3.52. The van der Waals surface area contributed by atoms with Crippen molar-refractivity contribution in [3.8, 4) is 0 Å². The number of benzene rings is 1. The van der Waals surface area contributed by atoms with Crippen LogP contribution in [0.3, 0.4) is 0 Å². The molecule has 0 aromatic heterocycles. The van der Waals surface area contributed by atoms with Crippen LogP contribution in [0.4, 0.5) is 13.6 Å². The molecule has 3 heterocycles. The Bertz CT molecular complexity index is 788. The molecule has 2 unspecified atom stereocenters. The minimum absolute atomic E-state index is 0.0256. The Balaban J connectivity index is 1.64. The van der Waals surface area contributed by atoms with E-state index in [4.69, 9.17) is 9.47 Å². The Morgan fingerprint density at radius 2 is 1.83 bits per heavy atom. The van der Waals surface area contributed by atoms with Crippen molar-refractivity contribution in [1.82, 2.24) is 9.80 Å². The lowest BCUT2D eigenvalue weighted by Crippen LogP contribution is -2.58. The molecule has 0 radical (unpaired) electrons. The molecule has 8 heteroatoms. The van der Waals surface area contributed by atoms with Crippen LogP contribution >= 0.6 is 0 Å². The summed E-state index contributed by atoms with van der Waals surface area (Å²) in [4.78, 5) is 15.9. The molecule has 1 N–H and O–H groups in total. The van der Waals surface area contributed by atoms with Gasteiger partial charge in [-0.3, -0.25) is 9.80 Å². The summed E-state index contributed by atoms with van der Waals surface area (Å²) in [6, 6.07) is 2.64. The summed E-state index contributed by atoms with van der Waals surface area (Å²) in [5, 5.41) is 10.0. The summed E-state index contributed by atoms with van der Waals surface area (Å²) in [5.74, 6) is -0.155. The number of hydrogen-bond acceptors (Lipinski definition) is 4. The quantitative estimate of drug-likeness (QED) is 0.805. The second-order valence-electron chi connectivity index (χ2n) is 9.71. The Morgan fingerprint density at radius 3 is 2.43 bits per heavy atom. The highest BCUT2D eigenvalue weighted by Crippen LogP contribution is 2.40. The van der Waals surface area contributed by atoms with Crippen molar-refractivity contribution in [3.63, 3.8) is 0 Å². The van der Waals surface area contributed by atoms with Gasteiger partial charge in [0.15, 0.2) is 0 Å². The highest BCUT2D eigenvalue weighted by atomic mass is 19.1. The Hall–Kier alpha value is -1.77. The standard InChI is InChI=1S/C22H30F2N2O4/c1-22(2,3)26(21(27)28)19-7-16(25-8-13-10-29-11-14(13)9-25)12-30-20(19)17-6-15(23)4-5-18(17)24/h4-6,13-14,16,19-20H,7-12H2,1-3H3,(H,27,28)/t13?,14?,16-,19+,20+/m1/s1. The summed E-state index contributed by atoms with van der Waals surface area (Å²) < 4.78 is 40.2. The fraction of sp³-hybridized carbons (Fsp3) is 0.682. The number of likely N-dealkylation sites (tertiary alicyclic amines) is 1. The summed E-state index contributed by atoms with van der Waals surface area (Å²) in [6.45, 7) is 9.09. The van der Waals surface area contributed by atoms with Gasteiger partial charge in [0, 0.05) is 42.1 Å². The first-order valence-corrected chi connectivity index (χ1v) is 10.6. The van der Waals surface area contributed by atoms with Crippen LogP contribution in [0, 0.1) is 23.5 Å². The van der Waals surface area contributed by atoms with Crippen molar-refractivity contribution in [2.24, 2.45) is 11.8 Å². The van der Waals surface area contributed by atoms with E-state index in [1.807, 2.05) is 0 Å². The number of rotatable bonds is 3. The molecule has 0 saturated carbocycles. The average Bonchev–Trinajstić information content (AvgIpc) is 3.24. The Labute approximate surface area is 175 Å². The lowest BCUT2D eigenvalue weighted by Gasteiger charge is -2.48. The van der Waals surface area contributed by atoms with E-state index in [2.05, 4.69) is 4.90 Å². The van der Waals surface area contributed by atoms with E-state index < -0.39 is 35.4 Å². The molecule has 4 rings (SSSR count). The van der Waals surface area contributed by atoms with Gasteiger partial charge in [0.25, 0.3) is 0 Å². The maximum atomic E-state index is 14.6. The van der Waals surface area contributed by atoms with Crippen molar-refractivity contribution < 1.29 is 28.2 Å². The van der Waals surface area contributed by atoms with Crippen LogP contribution in [-0.2, 0) is 9.47 Å². The average molecular weight is 424 g/mol. The second kappa shape index (κ2) is 8.05. The zero-order chi connectivity index (χ0) is 21.6. The predicted molar refractivity (Wildman–Crippen MR) is 106 cm³/mol. The molecule has 3 aliphatic rings. The number of ether oxygens (including phenoxy) is 2. The zero-order valence-electron chi connectivity index (χ0n) is 17.7. The SMILES string of the molecule is CC(C)(C)N(C(=O)O)[C@H]1C[C@@H](N2CC3COCC3C2)CO[C@H]1c1cc(F)ccc1F. The van der Waals surface area contributed by atoms with Crippen LogP contribution in [0.2, 0.25) is 0 Å². The van der Waals surface area contributed by atoms with Crippen molar-refractivity contribution in [2.75, 3.05) is 32.9 Å². The van der Waals surface area contributed by atoms with Gasteiger partial charge in [-0.05, 0) is 45.4 Å². The number of carboxylic acid groups (broad SMARTS) is 1. The molecule has 0 aliphatic carbocycles. The molecule has 6 nitrogen and oxygen atoms in total. The van der Waals surface area contributed by atoms with E-state index in [1.165, 1.54) is 4.90 Å². The van der Waals surface area contributed by atoms with E-state index in [0.29, 0.717) is 24.9 Å². The molecule has 166 valence electrons. The van der Waals surface area contributed by atoms with Gasteiger partial charge in [-0.2, -0.15) is 0 Å². The number of amides is 1. The number of fused-ring (bicyclic) bond motifs is 1. The van der Waals surface area contributed by atoms with E-state index in [9.17, 15) is 18.7 Å². The third-order valence-electron chi connectivity index (χ3n) is 6.64. The molecule has 1 amide bonds. The van der Waals surface area contributed by atoms with Gasteiger partial charge in [-0.25, -0.2) is 13.6 Å². The van der Waals surface area contributed by atoms with E-state index in [-0.39, 0.29) is 11.6 Å². The third kappa shape index (κ3) is 4.05. The molecule has 3 saturated heterocycles. The van der Waals surface area contributed by atoms with Crippen LogP contribution in [0.5, 0.6) is 0 Å². The molecule has 1 aromatic rings. The smallest absolute Gasteiger partial charge is 0.408 e. The Morgan fingerprint density at radius 1 is 1.17 bits per heavy atom. The van der Waals surface area contributed by atoms with Crippen molar-refractivity contribution >= 4 is 6.09 Å². The molecular weight excluding hydrogens is 394 g/mol. The maximum Gasteiger partial charge on any atom is 0.408 e. The van der Waals surface area contributed by atoms with Crippen LogP contribution in [0.25, 0.3) is 0 Å². The summed E-state index contributed by atoms with van der Waals surface area (Å²) in [7, 11) is 0. The van der Waals surface area contributed by atoms with Crippen molar-refractivity contribution in [2.45, 2.75) is 50.9 Å². The van der Waals surface area contributed by atoms with Gasteiger partial charge >= 0.3 is 6.09 Å². The molecule has 1 aromatic carbocycles. The maximum absolute atomic E-state index is 14.6. The normalized spacial score (nSPS) is 32.2. The summed E-state index contributed by atoms with van der Waals surface area (Å²) >= 11 is 0. The minimum Gasteiger partial charge on any atom is -0.465 e. The van der Waals surface area contributed by atoms with Gasteiger partial charge < -0.3 is 14.6 Å². The van der Waals surface area contributed by atoms with E-state index in [1.54, 1.807) is 20.8 Å². The molecular formula is C22H30F2N2O4. The number of hydrogen-bond donors (Lipinski definition) is 1. The van der Waals surface area contributed by atoms with Crippen LogP contribution in [0.1, 0.15) is 38.9 Å². The molecule has 0 bridgehead atoms. The number of halogens is 2. The van der Waals surface area contributed by atoms with Crippen molar-refractivity contribution in [1.29, 1.82) is 0 Å². The lowest BCUT2D eigenvalue weighted by molar-refractivity contribution is -0.1000. The molecule has 3 fully saturated rings. The molecule has 5 atom stereocenters. The number of nitrogens with zero attached hydrogens (tertiary/aromatic N) is 2.